The van der Waals surface area contributed by atoms with Crippen LogP contribution in [-0.4, -0.2) is 26.2 Å². The molecule has 0 unspecified atom stereocenters. The summed E-state index contributed by atoms with van der Waals surface area (Å²) >= 11 is 0. The molecular weight excluding hydrogens is 246 g/mol. The highest BCUT2D eigenvalue weighted by Gasteiger charge is 2.36. The van der Waals surface area contributed by atoms with Crippen LogP contribution in [0.2, 0.25) is 0 Å². The summed E-state index contributed by atoms with van der Waals surface area (Å²) in [7, 11) is 3.06. The Balaban J connectivity index is 2.40. The summed E-state index contributed by atoms with van der Waals surface area (Å²) in [5.41, 5.74) is 1.24. The summed E-state index contributed by atoms with van der Waals surface area (Å²) in [5.74, 6) is 0.576. The second-order valence-electron chi connectivity index (χ2n) is 4.53. The Morgan fingerprint density at radius 2 is 2.11 bits per heavy atom. The zero-order valence-electron chi connectivity index (χ0n) is 11.6. The topological polar surface area (TPSA) is 56.8 Å². The van der Waals surface area contributed by atoms with Crippen molar-refractivity contribution in [2.75, 3.05) is 14.2 Å². The lowest BCUT2D eigenvalue weighted by atomic mass is 10.1. The summed E-state index contributed by atoms with van der Waals surface area (Å²) in [4.78, 5) is 12.0. The molecule has 0 saturated carbocycles. The van der Waals surface area contributed by atoms with Crippen LogP contribution in [0.15, 0.2) is 12.1 Å². The van der Waals surface area contributed by atoms with E-state index in [9.17, 15) is 4.79 Å². The third kappa shape index (κ3) is 2.38. The van der Waals surface area contributed by atoms with E-state index >= 15 is 0 Å². The number of fused-ring (bicyclic) bond motifs is 1. The van der Waals surface area contributed by atoms with Crippen molar-refractivity contribution >= 4 is 5.97 Å². The molecule has 1 heterocycles. The van der Waals surface area contributed by atoms with E-state index in [0.717, 1.165) is 12.0 Å². The van der Waals surface area contributed by atoms with Crippen molar-refractivity contribution in [3.63, 3.8) is 0 Å². The number of carbonyl (C=O) groups is 1. The molecule has 0 fully saturated rings. The van der Waals surface area contributed by atoms with Gasteiger partial charge in [-0.2, -0.15) is 0 Å². The summed E-state index contributed by atoms with van der Waals surface area (Å²) in [6.07, 6.45) is 0.536. The number of methoxy groups -OCH3 is 2. The normalized spacial score (nSPS) is 18.7. The van der Waals surface area contributed by atoms with Crippen LogP contribution in [-0.2, 0) is 4.74 Å². The number of rotatable bonds is 5. The van der Waals surface area contributed by atoms with Gasteiger partial charge in [0.15, 0.2) is 17.7 Å². The van der Waals surface area contributed by atoms with Gasteiger partial charge in [-0.15, -0.1) is 0 Å². The zero-order chi connectivity index (χ0) is 14.0. The van der Waals surface area contributed by atoms with Gasteiger partial charge in [0.1, 0.15) is 5.56 Å². The predicted molar refractivity (Wildman–Crippen MR) is 70.6 cm³/mol. The van der Waals surface area contributed by atoms with Crippen molar-refractivity contribution in [2.45, 2.75) is 32.5 Å². The van der Waals surface area contributed by atoms with E-state index in [2.05, 4.69) is 12.2 Å². The molecule has 5 heteroatoms. The van der Waals surface area contributed by atoms with Crippen LogP contribution < -0.4 is 14.8 Å². The fourth-order valence-corrected chi connectivity index (χ4v) is 2.10. The third-order valence-electron chi connectivity index (χ3n) is 3.34. The minimum atomic E-state index is -0.419. The summed E-state index contributed by atoms with van der Waals surface area (Å²) in [5, 5.41) is 3.26. The number of hydrogen-bond acceptors (Lipinski definition) is 5. The minimum Gasteiger partial charge on any atom is -0.493 e. The van der Waals surface area contributed by atoms with Gasteiger partial charge in [-0.3, -0.25) is 5.32 Å². The Hall–Kier alpha value is -1.75. The fourth-order valence-electron chi connectivity index (χ4n) is 2.10. The largest absolute Gasteiger partial charge is 0.493 e. The first-order valence-electron chi connectivity index (χ1n) is 6.34. The van der Waals surface area contributed by atoms with Crippen LogP contribution in [0.3, 0.4) is 0 Å². The molecule has 5 nitrogen and oxygen atoms in total. The first-order valence-corrected chi connectivity index (χ1v) is 6.34. The molecule has 0 saturated heterocycles. The summed E-state index contributed by atoms with van der Waals surface area (Å²) in [6.45, 7) is 4.12. The molecule has 1 aromatic rings. The van der Waals surface area contributed by atoms with Crippen LogP contribution in [0.25, 0.3) is 0 Å². The van der Waals surface area contributed by atoms with E-state index < -0.39 is 6.23 Å². The Morgan fingerprint density at radius 3 is 2.68 bits per heavy atom. The molecule has 1 aliphatic heterocycles. The van der Waals surface area contributed by atoms with Crippen LogP contribution in [0.1, 0.15) is 42.4 Å². The Kier molecular flexibility index (Phi) is 3.95. The van der Waals surface area contributed by atoms with Gasteiger partial charge >= 0.3 is 5.97 Å². The Bertz CT molecular complexity index is 487. The maximum Gasteiger partial charge on any atom is 0.344 e. The maximum absolute atomic E-state index is 12.0. The molecule has 104 valence electrons. The fraction of sp³-hybridized carbons (Fsp3) is 0.500. The molecule has 2 atom stereocenters. The quantitative estimate of drug-likeness (QED) is 0.828. The highest BCUT2D eigenvalue weighted by Crippen LogP contribution is 2.41. The van der Waals surface area contributed by atoms with Crippen molar-refractivity contribution in [3.8, 4) is 11.5 Å². The first kappa shape index (κ1) is 13.7. The molecule has 0 spiro atoms. The smallest absolute Gasteiger partial charge is 0.344 e. The highest BCUT2D eigenvalue weighted by molar-refractivity contribution is 5.98. The average molecular weight is 265 g/mol. The van der Waals surface area contributed by atoms with Gasteiger partial charge < -0.3 is 14.2 Å². The lowest BCUT2D eigenvalue weighted by Crippen LogP contribution is -2.29. The van der Waals surface area contributed by atoms with E-state index in [0.29, 0.717) is 17.1 Å². The molecule has 0 amide bonds. The Morgan fingerprint density at radius 1 is 1.37 bits per heavy atom. The maximum atomic E-state index is 12.0. The first-order chi connectivity index (χ1) is 9.12. The van der Waals surface area contributed by atoms with E-state index in [4.69, 9.17) is 14.2 Å². The van der Waals surface area contributed by atoms with E-state index in [1.165, 1.54) is 7.11 Å². The number of nitrogens with one attached hydrogen (secondary N) is 1. The summed E-state index contributed by atoms with van der Waals surface area (Å²) in [6, 6.07) is 3.88. The molecule has 19 heavy (non-hydrogen) atoms. The van der Waals surface area contributed by atoms with Gasteiger partial charge in [0.05, 0.1) is 14.2 Å². The number of hydrogen-bond donors (Lipinski definition) is 1. The van der Waals surface area contributed by atoms with E-state index in [1.807, 2.05) is 13.0 Å². The number of cyclic esters (lactones) is 1. The molecule has 1 N–H and O–H groups in total. The van der Waals surface area contributed by atoms with Gasteiger partial charge in [-0.1, -0.05) is 6.92 Å². The second-order valence-corrected chi connectivity index (χ2v) is 4.53. The van der Waals surface area contributed by atoms with Crippen molar-refractivity contribution in [3.05, 3.63) is 23.3 Å². The molecule has 1 aliphatic rings. The van der Waals surface area contributed by atoms with Crippen molar-refractivity contribution in [1.29, 1.82) is 0 Å². The van der Waals surface area contributed by atoms with Crippen molar-refractivity contribution in [2.24, 2.45) is 0 Å². The van der Waals surface area contributed by atoms with Crippen LogP contribution in [0.5, 0.6) is 11.5 Å². The van der Waals surface area contributed by atoms with E-state index in [-0.39, 0.29) is 12.0 Å². The molecule has 2 rings (SSSR count). The molecule has 1 aromatic carbocycles. The number of esters is 1. The van der Waals surface area contributed by atoms with E-state index in [1.54, 1.807) is 13.2 Å². The molecule has 0 aromatic heterocycles. The van der Waals surface area contributed by atoms with Gasteiger partial charge in [0.2, 0.25) is 0 Å². The highest BCUT2D eigenvalue weighted by atomic mass is 16.6. The lowest BCUT2D eigenvalue weighted by molar-refractivity contribution is 0.0280. The van der Waals surface area contributed by atoms with Crippen LogP contribution >= 0.6 is 0 Å². The van der Waals surface area contributed by atoms with Gasteiger partial charge in [-0.05, 0) is 25.5 Å². The standard InChI is InChI=1S/C14H19NO4/c1-5-8(2)15-13-9-6-7-10(17-3)12(18-4)11(9)14(16)19-13/h6-8,13,15H,5H2,1-4H3/t8-,13-/m0/s1. The number of ether oxygens (including phenoxy) is 3. The zero-order valence-corrected chi connectivity index (χ0v) is 11.6. The Labute approximate surface area is 112 Å². The molecule has 0 radical (unpaired) electrons. The predicted octanol–water partition coefficient (Wildman–Crippen LogP) is 2.26. The van der Waals surface area contributed by atoms with Gasteiger partial charge in [0.25, 0.3) is 0 Å². The number of benzene rings is 1. The van der Waals surface area contributed by atoms with Gasteiger partial charge in [-0.25, -0.2) is 4.79 Å². The third-order valence-corrected chi connectivity index (χ3v) is 3.34. The minimum absolute atomic E-state index is 0.261. The van der Waals surface area contributed by atoms with Crippen LogP contribution in [0, 0.1) is 0 Å². The lowest BCUT2D eigenvalue weighted by Gasteiger charge is -2.18. The molecular formula is C14H19NO4. The molecule has 0 aliphatic carbocycles. The monoisotopic (exact) mass is 265 g/mol. The number of carbonyl (C=O) groups excluding carboxylic acids is 1. The van der Waals surface area contributed by atoms with Crippen molar-refractivity contribution in [1.82, 2.24) is 5.32 Å². The second kappa shape index (κ2) is 5.48. The molecule has 0 bridgehead atoms. The average Bonchev–Trinajstić information content (AvgIpc) is 2.74. The van der Waals surface area contributed by atoms with Crippen molar-refractivity contribution < 1.29 is 19.0 Å². The van der Waals surface area contributed by atoms with Crippen LogP contribution in [0.4, 0.5) is 0 Å². The van der Waals surface area contributed by atoms with Gasteiger partial charge in [0, 0.05) is 11.6 Å². The SMILES string of the molecule is CC[C@H](C)N[C@H]1OC(=O)c2c1ccc(OC)c2OC. The summed E-state index contributed by atoms with van der Waals surface area (Å²) < 4.78 is 15.8.